The minimum absolute atomic E-state index is 0.130. The third kappa shape index (κ3) is 3.05. The summed E-state index contributed by atoms with van der Waals surface area (Å²) in [7, 11) is 0. The second kappa shape index (κ2) is 5.46. The van der Waals surface area contributed by atoms with Crippen LogP contribution in [0.2, 0.25) is 0 Å². The number of benzene rings is 1. The molecular weight excluding hydrogens is 296 g/mol. The second-order valence-electron chi connectivity index (χ2n) is 3.98. The summed E-state index contributed by atoms with van der Waals surface area (Å²) in [6.45, 7) is 3.70. The molecule has 0 fully saturated rings. The van der Waals surface area contributed by atoms with Crippen molar-refractivity contribution in [2.24, 2.45) is 0 Å². The van der Waals surface area contributed by atoms with Crippen LogP contribution in [0.1, 0.15) is 17.0 Å². The van der Waals surface area contributed by atoms with Crippen molar-refractivity contribution in [2.45, 2.75) is 20.5 Å². The van der Waals surface area contributed by atoms with Crippen LogP contribution in [-0.4, -0.2) is 15.1 Å². The van der Waals surface area contributed by atoms with Crippen molar-refractivity contribution >= 4 is 15.9 Å². The summed E-state index contributed by atoms with van der Waals surface area (Å²) in [5, 5.41) is 9.09. The van der Waals surface area contributed by atoms with Crippen LogP contribution in [0.5, 0.6) is 11.8 Å². The summed E-state index contributed by atoms with van der Waals surface area (Å²) in [5.74, 6) is 0.648. The van der Waals surface area contributed by atoms with Gasteiger partial charge in [-0.05, 0) is 53.5 Å². The van der Waals surface area contributed by atoms with E-state index >= 15 is 0 Å². The predicted molar refractivity (Wildman–Crippen MR) is 71.6 cm³/mol. The van der Waals surface area contributed by atoms with Gasteiger partial charge in [-0.25, -0.2) is 4.98 Å². The summed E-state index contributed by atoms with van der Waals surface area (Å²) in [5.41, 5.74) is 2.43. The maximum atomic E-state index is 9.09. The van der Waals surface area contributed by atoms with Crippen molar-refractivity contribution in [1.82, 2.24) is 9.97 Å². The van der Waals surface area contributed by atoms with Crippen molar-refractivity contribution in [2.75, 3.05) is 0 Å². The third-order valence-electron chi connectivity index (χ3n) is 2.34. The number of aryl methyl sites for hydroxylation is 2. The van der Waals surface area contributed by atoms with Gasteiger partial charge < -0.3 is 9.84 Å². The van der Waals surface area contributed by atoms with Gasteiger partial charge in [-0.15, -0.1) is 0 Å². The lowest BCUT2D eigenvalue weighted by atomic mass is 10.2. The maximum Gasteiger partial charge on any atom is 0.322 e. The van der Waals surface area contributed by atoms with Gasteiger partial charge in [0, 0.05) is 5.69 Å². The molecule has 1 aromatic carbocycles. The molecular formula is C13H13BrN2O2. The molecule has 1 N–H and O–H groups in total. The third-order valence-corrected chi connectivity index (χ3v) is 2.96. The van der Waals surface area contributed by atoms with Gasteiger partial charge in [-0.3, -0.25) is 0 Å². The monoisotopic (exact) mass is 308 g/mol. The number of aliphatic hydroxyl groups is 1. The van der Waals surface area contributed by atoms with Crippen molar-refractivity contribution in [1.29, 1.82) is 0 Å². The van der Waals surface area contributed by atoms with Crippen molar-refractivity contribution in [3.05, 3.63) is 45.7 Å². The first kappa shape index (κ1) is 13.0. The molecule has 0 spiro atoms. The van der Waals surface area contributed by atoms with Crippen LogP contribution in [0.25, 0.3) is 0 Å². The molecule has 2 rings (SSSR count). The Morgan fingerprint density at radius 2 is 2.00 bits per heavy atom. The number of aromatic nitrogens is 2. The van der Waals surface area contributed by atoms with E-state index in [1.54, 1.807) is 6.07 Å². The molecule has 2 aromatic rings. The minimum atomic E-state index is -0.130. The Balaban J connectivity index is 2.30. The van der Waals surface area contributed by atoms with Gasteiger partial charge in [-0.2, -0.15) is 4.98 Å². The highest BCUT2D eigenvalue weighted by Gasteiger charge is 2.07. The van der Waals surface area contributed by atoms with E-state index in [-0.39, 0.29) is 12.6 Å². The molecule has 0 saturated carbocycles. The van der Waals surface area contributed by atoms with Gasteiger partial charge in [0.05, 0.1) is 16.8 Å². The predicted octanol–water partition coefficient (Wildman–Crippen LogP) is 3.14. The Hall–Kier alpha value is -1.46. The molecule has 0 atom stereocenters. The average Bonchev–Trinajstić information content (AvgIpc) is 2.32. The van der Waals surface area contributed by atoms with Crippen LogP contribution in [0.15, 0.2) is 28.7 Å². The molecule has 0 amide bonds. The molecule has 0 aliphatic carbocycles. The molecule has 94 valence electrons. The van der Waals surface area contributed by atoms with Gasteiger partial charge >= 0.3 is 6.01 Å². The van der Waals surface area contributed by atoms with Crippen LogP contribution in [0.3, 0.4) is 0 Å². The normalized spacial score (nSPS) is 10.4. The van der Waals surface area contributed by atoms with Gasteiger partial charge in [-0.1, -0.05) is 6.07 Å². The maximum absolute atomic E-state index is 9.09. The summed E-state index contributed by atoms with van der Waals surface area (Å²) in [6.07, 6.45) is 0. The zero-order chi connectivity index (χ0) is 13.1. The molecule has 0 aliphatic rings. The van der Waals surface area contributed by atoms with Gasteiger partial charge in [0.2, 0.25) is 0 Å². The number of ether oxygens (including phenoxy) is 1. The molecule has 0 saturated heterocycles. The SMILES string of the molecule is Cc1ccc(Oc2nc(C)cc(CO)n2)c(Br)c1. The lowest BCUT2D eigenvalue weighted by molar-refractivity contribution is 0.274. The van der Waals surface area contributed by atoms with Crippen LogP contribution in [-0.2, 0) is 6.61 Å². The summed E-state index contributed by atoms with van der Waals surface area (Å²) in [4.78, 5) is 8.28. The van der Waals surface area contributed by atoms with E-state index < -0.39 is 0 Å². The van der Waals surface area contributed by atoms with E-state index in [0.717, 1.165) is 15.7 Å². The van der Waals surface area contributed by atoms with E-state index in [1.165, 1.54) is 0 Å². The highest BCUT2D eigenvalue weighted by molar-refractivity contribution is 9.10. The molecule has 1 aromatic heterocycles. The lowest BCUT2D eigenvalue weighted by Gasteiger charge is -2.08. The number of aliphatic hydroxyl groups excluding tert-OH is 1. The molecule has 0 aliphatic heterocycles. The smallest absolute Gasteiger partial charge is 0.322 e. The number of halogens is 1. The van der Waals surface area contributed by atoms with Crippen LogP contribution >= 0.6 is 15.9 Å². The Morgan fingerprint density at radius 3 is 2.67 bits per heavy atom. The number of nitrogens with zero attached hydrogens (tertiary/aromatic N) is 2. The van der Waals surface area contributed by atoms with Gasteiger partial charge in [0.1, 0.15) is 5.75 Å². The Morgan fingerprint density at radius 1 is 1.22 bits per heavy atom. The van der Waals surface area contributed by atoms with Crippen LogP contribution in [0.4, 0.5) is 0 Å². The van der Waals surface area contributed by atoms with Crippen LogP contribution < -0.4 is 4.74 Å². The zero-order valence-electron chi connectivity index (χ0n) is 10.1. The number of hydrogen-bond donors (Lipinski definition) is 1. The summed E-state index contributed by atoms with van der Waals surface area (Å²) in [6, 6.07) is 7.71. The van der Waals surface area contributed by atoms with Crippen LogP contribution in [0, 0.1) is 13.8 Å². The summed E-state index contributed by atoms with van der Waals surface area (Å²) >= 11 is 3.43. The highest BCUT2D eigenvalue weighted by atomic mass is 79.9. The molecule has 0 radical (unpaired) electrons. The number of rotatable bonds is 3. The molecule has 18 heavy (non-hydrogen) atoms. The van der Waals surface area contributed by atoms with Gasteiger partial charge in [0.25, 0.3) is 0 Å². The van der Waals surface area contributed by atoms with E-state index in [9.17, 15) is 0 Å². The Labute approximate surface area is 114 Å². The molecule has 0 bridgehead atoms. The largest absolute Gasteiger partial charge is 0.423 e. The molecule has 5 heteroatoms. The zero-order valence-corrected chi connectivity index (χ0v) is 11.7. The van der Waals surface area contributed by atoms with E-state index in [4.69, 9.17) is 9.84 Å². The highest BCUT2D eigenvalue weighted by Crippen LogP contribution is 2.29. The minimum Gasteiger partial charge on any atom is -0.423 e. The van der Waals surface area contributed by atoms with Crippen molar-refractivity contribution < 1.29 is 9.84 Å². The first-order chi connectivity index (χ1) is 8.58. The second-order valence-corrected chi connectivity index (χ2v) is 4.83. The van der Waals surface area contributed by atoms with Crippen molar-refractivity contribution in [3.63, 3.8) is 0 Å². The van der Waals surface area contributed by atoms with E-state index in [0.29, 0.717) is 11.4 Å². The molecule has 0 unspecified atom stereocenters. The van der Waals surface area contributed by atoms with E-state index in [1.807, 2.05) is 32.0 Å². The van der Waals surface area contributed by atoms with E-state index in [2.05, 4.69) is 25.9 Å². The molecule has 1 heterocycles. The lowest BCUT2D eigenvalue weighted by Crippen LogP contribution is -1.99. The standard InChI is InChI=1S/C13H13BrN2O2/c1-8-3-4-12(11(14)5-8)18-13-15-9(2)6-10(7-17)16-13/h3-6,17H,7H2,1-2H3. The topological polar surface area (TPSA) is 55.2 Å². The van der Waals surface area contributed by atoms with Gasteiger partial charge in [0.15, 0.2) is 0 Å². The first-order valence-corrected chi connectivity index (χ1v) is 6.27. The fraction of sp³-hybridized carbons (Fsp3) is 0.231. The molecule has 4 nitrogen and oxygen atoms in total. The van der Waals surface area contributed by atoms with Crippen molar-refractivity contribution in [3.8, 4) is 11.8 Å². The average molecular weight is 309 g/mol. The summed E-state index contributed by atoms with van der Waals surface area (Å²) < 4.78 is 6.45. The first-order valence-electron chi connectivity index (χ1n) is 5.48. The Bertz CT molecular complexity index is 573. The quantitative estimate of drug-likeness (QED) is 0.946. The fourth-order valence-corrected chi connectivity index (χ4v) is 2.09. The fourth-order valence-electron chi connectivity index (χ4n) is 1.52. The number of hydrogen-bond acceptors (Lipinski definition) is 4. The Kier molecular flexibility index (Phi) is 3.93.